The number of likely N-dealkylation sites (tertiary alicyclic amines) is 1. The molecule has 0 spiro atoms. The fraction of sp³-hybridized carbons (Fsp3) is 0.263. The third kappa shape index (κ3) is 3.46. The molecule has 2 aliphatic rings. The van der Waals surface area contributed by atoms with E-state index in [9.17, 15) is 19.7 Å². The van der Waals surface area contributed by atoms with Crippen molar-refractivity contribution in [1.82, 2.24) is 4.90 Å². The average molecular weight is 383 g/mol. The number of nitro groups is 1. The van der Waals surface area contributed by atoms with Gasteiger partial charge in [0.15, 0.2) is 11.5 Å². The molecule has 1 N–H and O–H groups in total. The average Bonchev–Trinajstić information content (AvgIpc) is 3.28. The van der Waals surface area contributed by atoms with Gasteiger partial charge in [-0.05, 0) is 23.8 Å². The molecular formula is C19H17N3O6. The molecule has 4 rings (SSSR count). The van der Waals surface area contributed by atoms with E-state index in [0.29, 0.717) is 18.0 Å². The second kappa shape index (κ2) is 7.18. The van der Waals surface area contributed by atoms with Crippen molar-refractivity contribution < 1.29 is 24.0 Å². The number of hydrogen-bond donors (Lipinski definition) is 1. The molecule has 1 atom stereocenters. The Balaban J connectivity index is 1.42. The number of carbonyl (C=O) groups is 2. The van der Waals surface area contributed by atoms with Crippen LogP contribution in [0.2, 0.25) is 0 Å². The molecule has 2 aromatic rings. The van der Waals surface area contributed by atoms with Crippen LogP contribution in [0.5, 0.6) is 11.5 Å². The highest BCUT2D eigenvalue weighted by molar-refractivity contribution is 5.98. The lowest BCUT2D eigenvalue weighted by Gasteiger charge is -2.17. The van der Waals surface area contributed by atoms with Crippen LogP contribution in [0.3, 0.4) is 0 Å². The van der Waals surface area contributed by atoms with E-state index < -0.39 is 16.7 Å². The predicted molar refractivity (Wildman–Crippen MR) is 97.8 cm³/mol. The summed E-state index contributed by atoms with van der Waals surface area (Å²) in [6, 6.07) is 11.4. The minimum absolute atomic E-state index is 0.0665. The first-order valence-corrected chi connectivity index (χ1v) is 8.72. The normalized spacial score (nSPS) is 17.6. The van der Waals surface area contributed by atoms with Gasteiger partial charge in [0, 0.05) is 25.6 Å². The second-order valence-electron chi connectivity index (χ2n) is 6.63. The van der Waals surface area contributed by atoms with E-state index in [4.69, 9.17) is 9.47 Å². The number of hydrogen-bond acceptors (Lipinski definition) is 6. The van der Waals surface area contributed by atoms with Gasteiger partial charge in [-0.2, -0.15) is 0 Å². The highest BCUT2D eigenvalue weighted by Gasteiger charge is 2.35. The quantitative estimate of drug-likeness (QED) is 0.626. The van der Waals surface area contributed by atoms with Gasteiger partial charge in [-0.25, -0.2) is 0 Å². The number of para-hydroxylation sites is 2. The maximum atomic E-state index is 12.5. The van der Waals surface area contributed by atoms with Gasteiger partial charge in [0.05, 0.1) is 10.8 Å². The molecule has 0 aliphatic carbocycles. The van der Waals surface area contributed by atoms with E-state index in [2.05, 4.69) is 5.32 Å². The van der Waals surface area contributed by atoms with Crippen LogP contribution in [0.25, 0.3) is 0 Å². The number of fused-ring (bicyclic) bond motifs is 1. The number of carbonyl (C=O) groups excluding carboxylic acids is 2. The molecule has 9 nitrogen and oxygen atoms in total. The lowest BCUT2D eigenvalue weighted by molar-refractivity contribution is -0.383. The van der Waals surface area contributed by atoms with Crippen molar-refractivity contribution in [1.29, 1.82) is 0 Å². The smallest absolute Gasteiger partial charge is 0.292 e. The van der Waals surface area contributed by atoms with Gasteiger partial charge in [0.25, 0.3) is 5.69 Å². The standard InChI is InChI=1S/C19H17N3O6/c23-18-8-13(19(24)20-14-3-1-2-4-15(14)22(25)26)10-21(18)9-12-5-6-16-17(7-12)28-11-27-16/h1-7,13H,8-11H2,(H,20,24). The Kier molecular flexibility index (Phi) is 4.56. The Morgan fingerprint density at radius 2 is 2.00 bits per heavy atom. The summed E-state index contributed by atoms with van der Waals surface area (Å²) < 4.78 is 10.6. The molecular weight excluding hydrogens is 366 g/mol. The monoisotopic (exact) mass is 383 g/mol. The third-order valence-electron chi connectivity index (χ3n) is 4.75. The van der Waals surface area contributed by atoms with Gasteiger partial charge in [0.2, 0.25) is 18.6 Å². The van der Waals surface area contributed by atoms with E-state index in [0.717, 1.165) is 5.56 Å². The zero-order valence-electron chi connectivity index (χ0n) is 14.8. The van der Waals surface area contributed by atoms with Gasteiger partial charge in [-0.15, -0.1) is 0 Å². The molecule has 1 unspecified atom stereocenters. The van der Waals surface area contributed by atoms with Crippen LogP contribution in [0, 0.1) is 16.0 Å². The highest BCUT2D eigenvalue weighted by Crippen LogP contribution is 2.33. The maximum absolute atomic E-state index is 12.5. The second-order valence-corrected chi connectivity index (χ2v) is 6.63. The van der Waals surface area contributed by atoms with Gasteiger partial charge in [-0.1, -0.05) is 18.2 Å². The molecule has 2 heterocycles. The molecule has 2 aromatic carbocycles. The van der Waals surface area contributed by atoms with Crippen LogP contribution >= 0.6 is 0 Å². The van der Waals surface area contributed by atoms with Crippen molar-refractivity contribution in [2.24, 2.45) is 5.92 Å². The summed E-state index contributed by atoms with van der Waals surface area (Å²) in [7, 11) is 0. The minimum Gasteiger partial charge on any atom is -0.454 e. The van der Waals surface area contributed by atoms with Crippen molar-refractivity contribution in [3.05, 3.63) is 58.1 Å². The van der Waals surface area contributed by atoms with Crippen LogP contribution in [0.4, 0.5) is 11.4 Å². The molecule has 1 saturated heterocycles. The topological polar surface area (TPSA) is 111 Å². The molecule has 1 fully saturated rings. The van der Waals surface area contributed by atoms with Crippen molar-refractivity contribution in [2.45, 2.75) is 13.0 Å². The molecule has 2 amide bonds. The van der Waals surface area contributed by atoms with E-state index in [1.54, 1.807) is 17.0 Å². The lowest BCUT2D eigenvalue weighted by Crippen LogP contribution is -2.28. The number of nitrogens with zero attached hydrogens (tertiary/aromatic N) is 2. The van der Waals surface area contributed by atoms with Crippen LogP contribution in [0.1, 0.15) is 12.0 Å². The van der Waals surface area contributed by atoms with Crippen molar-refractivity contribution in [3.63, 3.8) is 0 Å². The van der Waals surface area contributed by atoms with E-state index >= 15 is 0 Å². The first-order valence-electron chi connectivity index (χ1n) is 8.72. The Morgan fingerprint density at radius 3 is 2.82 bits per heavy atom. The van der Waals surface area contributed by atoms with Crippen LogP contribution in [0.15, 0.2) is 42.5 Å². The zero-order valence-corrected chi connectivity index (χ0v) is 14.8. The molecule has 28 heavy (non-hydrogen) atoms. The molecule has 2 aliphatic heterocycles. The van der Waals surface area contributed by atoms with E-state index in [1.165, 1.54) is 18.2 Å². The lowest BCUT2D eigenvalue weighted by atomic mass is 10.1. The molecule has 0 bridgehead atoms. The molecule has 144 valence electrons. The fourth-order valence-electron chi connectivity index (χ4n) is 3.33. The molecule has 9 heteroatoms. The Hall–Kier alpha value is -3.62. The third-order valence-corrected chi connectivity index (χ3v) is 4.75. The van der Waals surface area contributed by atoms with Gasteiger partial charge < -0.3 is 19.7 Å². The number of ether oxygens (including phenoxy) is 2. The minimum atomic E-state index is -0.568. The summed E-state index contributed by atoms with van der Waals surface area (Å²) in [6.45, 7) is 0.778. The number of nitro benzene ring substituents is 1. The first kappa shape index (κ1) is 17.8. The van der Waals surface area contributed by atoms with E-state index in [1.807, 2.05) is 12.1 Å². The number of anilines is 1. The summed E-state index contributed by atoms with van der Waals surface area (Å²) >= 11 is 0. The van der Waals surface area contributed by atoms with Crippen LogP contribution in [-0.4, -0.2) is 35.0 Å². The Labute approximate surface area is 160 Å². The molecule has 0 saturated carbocycles. The van der Waals surface area contributed by atoms with Crippen LogP contribution in [-0.2, 0) is 16.1 Å². The first-order chi connectivity index (χ1) is 13.5. The Morgan fingerprint density at radius 1 is 1.21 bits per heavy atom. The summed E-state index contributed by atoms with van der Waals surface area (Å²) in [6.07, 6.45) is 0.0665. The van der Waals surface area contributed by atoms with E-state index in [-0.39, 0.29) is 37.0 Å². The fourth-order valence-corrected chi connectivity index (χ4v) is 3.33. The van der Waals surface area contributed by atoms with Crippen molar-refractivity contribution >= 4 is 23.2 Å². The maximum Gasteiger partial charge on any atom is 0.292 e. The van der Waals surface area contributed by atoms with Gasteiger partial charge in [-0.3, -0.25) is 19.7 Å². The summed E-state index contributed by atoms with van der Waals surface area (Å²) in [5.74, 6) is 0.186. The summed E-state index contributed by atoms with van der Waals surface area (Å²) in [5.41, 5.74) is 0.814. The largest absolute Gasteiger partial charge is 0.454 e. The molecule has 0 aromatic heterocycles. The predicted octanol–water partition coefficient (Wildman–Crippen LogP) is 2.31. The zero-order chi connectivity index (χ0) is 19.7. The number of rotatable bonds is 5. The van der Waals surface area contributed by atoms with Crippen molar-refractivity contribution in [3.8, 4) is 11.5 Å². The molecule has 0 radical (unpaired) electrons. The van der Waals surface area contributed by atoms with Crippen LogP contribution < -0.4 is 14.8 Å². The number of benzene rings is 2. The van der Waals surface area contributed by atoms with Crippen molar-refractivity contribution in [2.75, 3.05) is 18.7 Å². The summed E-state index contributed by atoms with van der Waals surface area (Å²) in [5, 5.41) is 13.7. The SMILES string of the molecule is O=C(Nc1ccccc1[N+](=O)[O-])C1CC(=O)N(Cc2ccc3c(c2)OCO3)C1. The number of nitrogens with one attached hydrogen (secondary N) is 1. The number of amides is 2. The highest BCUT2D eigenvalue weighted by atomic mass is 16.7. The van der Waals surface area contributed by atoms with Gasteiger partial charge in [0.1, 0.15) is 5.69 Å². The summed E-state index contributed by atoms with van der Waals surface area (Å²) in [4.78, 5) is 37.0. The van der Waals surface area contributed by atoms with Gasteiger partial charge >= 0.3 is 0 Å². The Bertz CT molecular complexity index is 960.